The highest BCUT2D eigenvalue weighted by Crippen LogP contribution is 2.46. The second-order valence-corrected chi connectivity index (χ2v) is 6.24. The second-order valence-electron chi connectivity index (χ2n) is 6.24. The number of hydrogen-bond donors (Lipinski definition) is 2. The van der Waals surface area contributed by atoms with Gasteiger partial charge in [0, 0.05) is 0 Å². The number of benzene rings is 1. The fourth-order valence-electron chi connectivity index (χ4n) is 3.72. The van der Waals surface area contributed by atoms with Crippen molar-refractivity contribution in [3.8, 4) is 5.75 Å². The maximum atomic E-state index is 9.16. The standard InChI is InChI=1S/C17H27BO3/c1-2-3-7-12-17(13-8-4-9-14-17)15-10-5-6-11-16(15)21-18(19)20/h5-6,10-11,19-20H,2-4,7-9,12-14H2,1H3. The lowest BCUT2D eigenvalue weighted by Crippen LogP contribution is -2.31. The van der Waals surface area contributed by atoms with Gasteiger partial charge in [-0.1, -0.05) is 63.6 Å². The van der Waals surface area contributed by atoms with Gasteiger partial charge in [0.25, 0.3) is 0 Å². The summed E-state index contributed by atoms with van der Waals surface area (Å²) in [5.74, 6) is 0.630. The summed E-state index contributed by atoms with van der Waals surface area (Å²) in [5.41, 5.74) is 1.31. The zero-order chi connectivity index (χ0) is 15.1. The molecule has 0 atom stereocenters. The smallest absolute Gasteiger partial charge is 0.512 e. The first-order valence-electron chi connectivity index (χ1n) is 8.30. The van der Waals surface area contributed by atoms with E-state index in [0.717, 1.165) is 5.56 Å². The van der Waals surface area contributed by atoms with Crippen molar-refractivity contribution >= 4 is 7.32 Å². The highest BCUT2D eigenvalue weighted by molar-refractivity contribution is 6.33. The van der Waals surface area contributed by atoms with Crippen LogP contribution in [-0.4, -0.2) is 17.4 Å². The summed E-state index contributed by atoms with van der Waals surface area (Å²) in [6.07, 6.45) is 11.1. The van der Waals surface area contributed by atoms with Crippen LogP contribution >= 0.6 is 0 Å². The van der Waals surface area contributed by atoms with E-state index in [-0.39, 0.29) is 5.41 Å². The average Bonchev–Trinajstić information content (AvgIpc) is 2.48. The van der Waals surface area contributed by atoms with Crippen LogP contribution in [0.1, 0.15) is 70.3 Å². The predicted molar refractivity (Wildman–Crippen MR) is 86.2 cm³/mol. The molecule has 0 amide bonds. The van der Waals surface area contributed by atoms with E-state index in [9.17, 15) is 0 Å². The quantitative estimate of drug-likeness (QED) is 0.593. The van der Waals surface area contributed by atoms with Gasteiger partial charge in [-0.3, -0.25) is 0 Å². The van der Waals surface area contributed by atoms with Gasteiger partial charge in [0.1, 0.15) is 5.75 Å². The molecule has 0 saturated heterocycles. The molecule has 2 rings (SSSR count). The van der Waals surface area contributed by atoms with E-state index < -0.39 is 7.32 Å². The van der Waals surface area contributed by atoms with Gasteiger partial charge in [-0.15, -0.1) is 0 Å². The molecule has 1 aliphatic rings. The zero-order valence-electron chi connectivity index (χ0n) is 13.1. The number of para-hydroxylation sites is 1. The van der Waals surface area contributed by atoms with Crippen molar-refractivity contribution in [1.29, 1.82) is 0 Å². The molecule has 116 valence electrons. The van der Waals surface area contributed by atoms with Crippen LogP contribution in [0.5, 0.6) is 5.75 Å². The van der Waals surface area contributed by atoms with E-state index in [2.05, 4.69) is 13.0 Å². The summed E-state index contributed by atoms with van der Waals surface area (Å²) in [5, 5.41) is 18.3. The Morgan fingerprint density at radius 1 is 1.10 bits per heavy atom. The van der Waals surface area contributed by atoms with Crippen molar-refractivity contribution in [1.82, 2.24) is 0 Å². The molecule has 1 saturated carbocycles. The van der Waals surface area contributed by atoms with E-state index in [1.54, 1.807) is 0 Å². The lowest BCUT2D eigenvalue weighted by molar-refractivity contribution is 0.249. The van der Waals surface area contributed by atoms with E-state index in [4.69, 9.17) is 14.7 Å². The number of rotatable bonds is 7. The molecule has 1 fully saturated rings. The molecule has 3 nitrogen and oxygen atoms in total. The minimum atomic E-state index is -1.75. The fourth-order valence-corrected chi connectivity index (χ4v) is 3.72. The van der Waals surface area contributed by atoms with Crippen LogP contribution < -0.4 is 4.65 Å². The molecular formula is C17H27BO3. The average molecular weight is 290 g/mol. The Morgan fingerprint density at radius 2 is 1.81 bits per heavy atom. The first-order chi connectivity index (χ1) is 10.2. The normalized spacial score (nSPS) is 17.5. The third-order valence-electron chi connectivity index (χ3n) is 4.76. The summed E-state index contributed by atoms with van der Waals surface area (Å²) in [7, 11) is -1.75. The van der Waals surface area contributed by atoms with E-state index in [1.165, 1.54) is 57.8 Å². The third kappa shape index (κ3) is 4.24. The summed E-state index contributed by atoms with van der Waals surface area (Å²) in [6, 6.07) is 7.88. The Balaban J connectivity index is 2.27. The van der Waals surface area contributed by atoms with Crippen LogP contribution in [0.2, 0.25) is 0 Å². The van der Waals surface area contributed by atoms with Crippen LogP contribution in [0.15, 0.2) is 24.3 Å². The topological polar surface area (TPSA) is 49.7 Å². The molecule has 0 aliphatic heterocycles. The maximum Gasteiger partial charge on any atom is 0.707 e. The lowest BCUT2D eigenvalue weighted by atomic mass is 9.66. The highest BCUT2D eigenvalue weighted by atomic mass is 16.6. The largest absolute Gasteiger partial charge is 0.707 e. The van der Waals surface area contributed by atoms with Crippen molar-refractivity contribution in [3.05, 3.63) is 29.8 Å². The van der Waals surface area contributed by atoms with E-state index in [0.29, 0.717) is 5.75 Å². The SMILES string of the molecule is CCCCCC1(c2ccccc2OB(O)O)CCCCC1. The van der Waals surface area contributed by atoms with Crippen molar-refractivity contribution in [3.63, 3.8) is 0 Å². The van der Waals surface area contributed by atoms with Crippen LogP contribution in [0, 0.1) is 0 Å². The molecule has 0 radical (unpaired) electrons. The molecule has 21 heavy (non-hydrogen) atoms. The van der Waals surface area contributed by atoms with E-state index in [1.807, 2.05) is 18.2 Å². The minimum Gasteiger partial charge on any atom is -0.512 e. The van der Waals surface area contributed by atoms with Gasteiger partial charge in [0.05, 0.1) is 0 Å². The monoisotopic (exact) mass is 290 g/mol. The molecular weight excluding hydrogens is 263 g/mol. The molecule has 1 aromatic carbocycles. The highest BCUT2D eigenvalue weighted by Gasteiger charge is 2.36. The third-order valence-corrected chi connectivity index (χ3v) is 4.76. The molecule has 0 unspecified atom stereocenters. The van der Waals surface area contributed by atoms with Gasteiger partial charge in [-0.2, -0.15) is 0 Å². The Morgan fingerprint density at radius 3 is 2.48 bits per heavy atom. The molecule has 1 aromatic rings. The zero-order valence-corrected chi connectivity index (χ0v) is 13.1. The molecule has 4 heteroatoms. The summed E-state index contributed by atoms with van der Waals surface area (Å²) >= 11 is 0. The molecule has 0 spiro atoms. The first kappa shape index (κ1) is 16.4. The predicted octanol–water partition coefficient (Wildman–Crippen LogP) is 3.82. The molecule has 1 aliphatic carbocycles. The molecule has 0 heterocycles. The lowest BCUT2D eigenvalue weighted by Gasteiger charge is -2.39. The van der Waals surface area contributed by atoms with Gasteiger partial charge in [0.2, 0.25) is 0 Å². The van der Waals surface area contributed by atoms with Crippen LogP contribution in [0.4, 0.5) is 0 Å². The van der Waals surface area contributed by atoms with Gasteiger partial charge >= 0.3 is 7.32 Å². The van der Waals surface area contributed by atoms with Gasteiger partial charge in [-0.25, -0.2) is 0 Å². The van der Waals surface area contributed by atoms with Gasteiger partial charge in [-0.05, 0) is 36.3 Å². The van der Waals surface area contributed by atoms with Crippen LogP contribution in [0.25, 0.3) is 0 Å². The first-order valence-corrected chi connectivity index (χ1v) is 8.30. The van der Waals surface area contributed by atoms with Crippen molar-refractivity contribution < 1.29 is 14.7 Å². The number of unbranched alkanes of at least 4 members (excludes halogenated alkanes) is 2. The Bertz CT molecular complexity index is 428. The summed E-state index contributed by atoms with van der Waals surface area (Å²) in [4.78, 5) is 0. The molecule has 2 N–H and O–H groups in total. The summed E-state index contributed by atoms with van der Waals surface area (Å²) in [6.45, 7) is 2.23. The Hall–Kier alpha value is -0.995. The number of hydrogen-bond acceptors (Lipinski definition) is 3. The maximum absolute atomic E-state index is 9.16. The van der Waals surface area contributed by atoms with Gasteiger partial charge in [0.15, 0.2) is 0 Å². The van der Waals surface area contributed by atoms with Crippen LogP contribution in [-0.2, 0) is 5.41 Å². The van der Waals surface area contributed by atoms with Crippen molar-refractivity contribution in [2.45, 2.75) is 70.1 Å². The van der Waals surface area contributed by atoms with Gasteiger partial charge < -0.3 is 14.7 Å². The molecule has 0 aromatic heterocycles. The van der Waals surface area contributed by atoms with Crippen molar-refractivity contribution in [2.24, 2.45) is 0 Å². The van der Waals surface area contributed by atoms with Crippen molar-refractivity contribution in [2.75, 3.05) is 0 Å². The van der Waals surface area contributed by atoms with Crippen LogP contribution in [0.3, 0.4) is 0 Å². The summed E-state index contributed by atoms with van der Waals surface area (Å²) < 4.78 is 5.24. The Labute approximate surface area is 128 Å². The fraction of sp³-hybridized carbons (Fsp3) is 0.647. The van der Waals surface area contributed by atoms with E-state index >= 15 is 0 Å². The minimum absolute atomic E-state index is 0.152. The molecule has 0 bridgehead atoms. The Kier molecular flexibility index (Phi) is 6.13. The second kappa shape index (κ2) is 7.86.